The van der Waals surface area contributed by atoms with Gasteiger partial charge in [-0.1, -0.05) is 31.2 Å². The van der Waals surface area contributed by atoms with Crippen LogP contribution in [0.15, 0.2) is 24.3 Å². The number of ether oxygens (including phenoxy) is 2. The first-order valence-electron chi connectivity index (χ1n) is 9.53. The van der Waals surface area contributed by atoms with Gasteiger partial charge in [-0.3, -0.25) is 4.90 Å². The van der Waals surface area contributed by atoms with E-state index in [-0.39, 0.29) is 6.04 Å². The van der Waals surface area contributed by atoms with Crippen molar-refractivity contribution in [1.82, 2.24) is 19.7 Å². The topological polar surface area (TPSA) is 52.4 Å². The molecule has 6 heteroatoms. The van der Waals surface area contributed by atoms with Gasteiger partial charge in [0, 0.05) is 26.6 Å². The van der Waals surface area contributed by atoms with Crippen molar-refractivity contribution < 1.29 is 9.47 Å². The van der Waals surface area contributed by atoms with Crippen LogP contribution < -0.4 is 0 Å². The SMILES string of the molecule is CCc1ccc(Cn2nc(CCOC)nc2C(C)N2CCOCC2)cc1. The first-order chi connectivity index (χ1) is 12.7. The van der Waals surface area contributed by atoms with E-state index in [1.54, 1.807) is 7.11 Å². The van der Waals surface area contributed by atoms with Crippen molar-refractivity contribution >= 4 is 0 Å². The molecule has 1 atom stereocenters. The van der Waals surface area contributed by atoms with E-state index in [1.807, 2.05) is 0 Å². The highest BCUT2D eigenvalue weighted by Gasteiger charge is 2.24. The summed E-state index contributed by atoms with van der Waals surface area (Å²) in [7, 11) is 1.71. The average Bonchev–Trinajstić information content (AvgIpc) is 3.09. The average molecular weight is 358 g/mol. The van der Waals surface area contributed by atoms with Crippen molar-refractivity contribution in [3.8, 4) is 0 Å². The van der Waals surface area contributed by atoms with Crippen molar-refractivity contribution in [1.29, 1.82) is 0 Å². The van der Waals surface area contributed by atoms with Crippen LogP contribution in [0.5, 0.6) is 0 Å². The number of hydrogen-bond donors (Lipinski definition) is 0. The van der Waals surface area contributed by atoms with Gasteiger partial charge >= 0.3 is 0 Å². The van der Waals surface area contributed by atoms with Gasteiger partial charge in [0.25, 0.3) is 0 Å². The zero-order valence-corrected chi connectivity index (χ0v) is 16.1. The highest BCUT2D eigenvalue weighted by Crippen LogP contribution is 2.21. The van der Waals surface area contributed by atoms with E-state index in [0.717, 1.165) is 57.3 Å². The van der Waals surface area contributed by atoms with Crippen LogP contribution in [-0.4, -0.2) is 59.7 Å². The van der Waals surface area contributed by atoms with Crippen molar-refractivity contribution in [3.63, 3.8) is 0 Å². The maximum Gasteiger partial charge on any atom is 0.153 e. The van der Waals surface area contributed by atoms with E-state index < -0.39 is 0 Å². The first-order valence-corrected chi connectivity index (χ1v) is 9.53. The van der Waals surface area contributed by atoms with Gasteiger partial charge in [-0.25, -0.2) is 9.67 Å². The van der Waals surface area contributed by atoms with E-state index in [1.165, 1.54) is 11.1 Å². The largest absolute Gasteiger partial charge is 0.384 e. The molecule has 2 heterocycles. The van der Waals surface area contributed by atoms with E-state index in [9.17, 15) is 0 Å². The lowest BCUT2D eigenvalue weighted by Crippen LogP contribution is -2.39. The van der Waals surface area contributed by atoms with Gasteiger partial charge in [0.15, 0.2) is 5.82 Å². The predicted octanol–water partition coefficient (Wildman–Crippen LogP) is 2.47. The van der Waals surface area contributed by atoms with Crippen LogP contribution in [0.4, 0.5) is 0 Å². The van der Waals surface area contributed by atoms with Gasteiger partial charge < -0.3 is 9.47 Å². The normalized spacial score (nSPS) is 16.7. The lowest BCUT2D eigenvalue weighted by Gasteiger charge is -2.31. The quantitative estimate of drug-likeness (QED) is 0.726. The lowest BCUT2D eigenvalue weighted by atomic mass is 10.1. The third-order valence-electron chi connectivity index (χ3n) is 5.00. The second kappa shape index (κ2) is 9.26. The smallest absolute Gasteiger partial charge is 0.153 e. The molecule has 0 bridgehead atoms. The minimum absolute atomic E-state index is 0.220. The summed E-state index contributed by atoms with van der Waals surface area (Å²) in [6.07, 6.45) is 1.80. The third kappa shape index (κ3) is 4.69. The molecule has 0 radical (unpaired) electrons. The van der Waals surface area contributed by atoms with E-state index in [4.69, 9.17) is 19.6 Å². The number of aromatic nitrogens is 3. The van der Waals surface area contributed by atoms with Crippen molar-refractivity contribution in [2.75, 3.05) is 40.0 Å². The molecule has 0 amide bonds. The molecule has 0 N–H and O–H groups in total. The zero-order valence-electron chi connectivity index (χ0n) is 16.1. The lowest BCUT2D eigenvalue weighted by molar-refractivity contribution is 0.0174. The Kier molecular flexibility index (Phi) is 6.77. The number of nitrogens with zero attached hydrogens (tertiary/aromatic N) is 4. The molecule has 3 rings (SSSR count). The molecule has 1 saturated heterocycles. The number of hydrogen-bond acceptors (Lipinski definition) is 5. The van der Waals surface area contributed by atoms with Gasteiger partial charge in [-0.2, -0.15) is 5.10 Å². The zero-order chi connectivity index (χ0) is 18.4. The first kappa shape index (κ1) is 19.0. The Morgan fingerprint density at radius 3 is 2.50 bits per heavy atom. The molecular formula is C20H30N4O2. The van der Waals surface area contributed by atoms with Crippen LogP contribution in [0.1, 0.15) is 42.7 Å². The minimum atomic E-state index is 0.220. The number of aryl methyl sites for hydroxylation is 1. The maximum atomic E-state index is 5.49. The Hall–Kier alpha value is -1.76. The Morgan fingerprint density at radius 1 is 1.15 bits per heavy atom. The number of methoxy groups -OCH3 is 1. The Balaban J connectivity index is 1.81. The summed E-state index contributed by atoms with van der Waals surface area (Å²) in [6.45, 7) is 9.22. The van der Waals surface area contributed by atoms with Gasteiger partial charge in [0.05, 0.1) is 32.4 Å². The molecule has 1 aliphatic heterocycles. The van der Waals surface area contributed by atoms with E-state index in [2.05, 4.69) is 47.7 Å². The number of rotatable bonds is 8. The Labute approximate surface area is 156 Å². The van der Waals surface area contributed by atoms with Gasteiger partial charge in [-0.05, 0) is 24.5 Å². The highest BCUT2D eigenvalue weighted by molar-refractivity contribution is 5.23. The summed E-state index contributed by atoms with van der Waals surface area (Å²) in [4.78, 5) is 7.26. The van der Waals surface area contributed by atoms with Crippen LogP contribution in [0.25, 0.3) is 0 Å². The van der Waals surface area contributed by atoms with Crippen molar-refractivity contribution in [2.45, 2.75) is 39.3 Å². The fourth-order valence-corrected chi connectivity index (χ4v) is 3.31. The summed E-state index contributed by atoms with van der Waals surface area (Å²) in [5.74, 6) is 1.88. The third-order valence-corrected chi connectivity index (χ3v) is 5.00. The van der Waals surface area contributed by atoms with Gasteiger partial charge in [0.2, 0.25) is 0 Å². The van der Waals surface area contributed by atoms with Crippen LogP contribution in [0.2, 0.25) is 0 Å². The molecule has 1 aliphatic rings. The molecule has 1 unspecified atom stereocenters. The molecule has 1 fully saturated rings. The fourth-order valence-electron chi connectivity index (χ4n) is 3.31. The van der Waals surface area contributed by atoms with Crippen molar-refractivity contribution in [2.24, 2.45) is 0 Å². The maximum absolute atomic E-state index is 5.49. The van der Waals surface area contributed by atoms with E-state index in [0.29, 0.717) is 6.61 Å². The highest BCUT2D eigenvalue weighted by atomic mass is 16.5. The summed E-state index contributed by atoms with van der Waals surface area (Å²) >= 11 is 0. The molecule has 1 aromatic heterocycles. The summed E-state index contributed by atoms with van der Waals surface area (Å²) < 4.78 is 12.8. The standard InChI is InChI=1S/C20H30N4O2/c1-4-17-5-7-18(8-6-17)15-24-20(21-19(22-24)9-12-25-3)16(2)23-10-13-26-14-11-23/h5-8,16H,4,9-15H2,1-3H3. The predicted molar refractivity (Wildman–Crippen MR) is 101 cm³/mol. The molecule has 0 spiro atoms. The van der Waals surface area contributed by atoms with Crippen LogP contribution in [0, 0.1) is 0 Å². The second-order valence-electron chi connectivity index (χ2n) is 6.78. The van der Waals surface area contributed by atoms with Crippen LogP contribution in [-0.2, 0) is 28.9 Å². The molecule has 6 nitrogen and oxygen atoms in total. The number of benzene rings is 1. The fraction of sp³-hybridized carbons (Fsp3) is 0.600. The molecule has 1 aromatic carbocycles. The molecule has 26 heavy (non-hydrogen) atoms. The second-order valence-corrected chi connectivity index (χ2v) is 6.78. The minimum Gasteiger partial charge on any atom is -0.384 e. The summed E-state index contributed by atoms with van der Waals surface area (Å²) in [6, 6.07) is 9.00. The van der Waals surface area contributed by atoms with Crippen LogP contribution in [0.3, 0.4) is 0 Å². The van der Waals surface area contributed by atoms with Crippen LogP contribution >= 0.6 is 0 Å². The molecule has 142 valence electrons. The Bertz CT molecular complexity index is 678. The van der Waals surface area contributed by atoms with Crippen molar-refractivity contribution in [3.05, 3.63) is 47.0 Å². The summed E-state index contributed by atoms with van der Waals surface area (Å²) in [5.41, 5.74) is 2.61. The van der Waals surface area contributed by atoms with E-state index >= 15 is 0 Å². The van der Waals surface area contributed by atoms with Gasteiger partial charge in [0.1, 0.15) is 5.82 Å². The summed E-state index contributed by atoms with van der Waals surface area (Å²) in [5, 5.41) is 4.77. The number of morpholine rings is 1. The Morgan fingerprint density at radius 2 is 1.85 bits per heavy atom. The van der Waals surface area contributed by atoms with Gasteiger partial charge in [-0.15, -0.1) is 0 Å². The molecule has 0 aliphatic carbocycles. The molecular weight excluding hydrogens is 328 g/mol. The molecule has 2 aromatic rings. The monoisotopic (exact) mass is 358 g/mol. The molecule has 0 saturated carbocycles.